The number of ether oxygens (including phenoxy) is 1. The number of rotatable bonds is 6. The van der Waals surface area contributed by atoms with E-state index in [2.05, 4.69) is 0 Å². The fourth-order valence-corrected chi connectivity index (χ4v) is 3.16. The lowest BCUT2D eigenvalue weighted by atomic mass is 10.0. The molecule has 0 fully saturated rings. The predicted octanol–water partition coefficient (Wildman–Crippen LogP) is 4.38. The first-order valence-corrected chi connectivity index (χ1v) is 8.71. The number of nitrogens with zero attached hydrogens (tertiary/aromatic N) is 1. The van der Waals surface area contributed by atoms with E-state index in [4.69, 9.17) is 22.7 Å². The molecule has 2 N–H and O–H groups in total. The minimum Gasteiger partial charge on any atom is -0.465 e. The van der Waals surface area contributed by atoms with Crippen LogP contribution >= 0.6 is 12.2 Å². The molecule has 0 bridgehead atoms. The summed E-state index contributed by atoms with van der Waals surface area (Å²) in [5.74, 6) is -0.476. The van der Waals surface area contributed by atoms with E-state index in [0.29, 0.717) is 11.1 Å². The highest BCUT2D eigenvalue weighted by atomic mass is 32.1. The van der Waals surface area contributed by atoms with E-state index in [1.165, 1.54) is 7.11 Å². The summed E-state index contributed by atoms with van der Waals surface area (Å²) >= 11 is 5.04. The zero-order chi connectivity index (χ0) is 19.6. The van der Waals surface area contributed by atoms with Gasteiger partial charge in [0.05, 0.1) is 12.7 Å². The van der Waals surface area contributed by atoms with Gasteiger partial charge in [-0.15, -0.1) is 0 Å². The summed E-state index contributed by atoms with van der Waals surface area (Å²) in [6.07, 6.45) is -0.876. The molecule has 0 saturated heterocycles. The van der Waals surface area contributed by atoms with Crippen molar-refractivity contribution in [1.29, 1.82) is 0 Å². The zero-order valence-corrected chi connectivity index (χ0v) is 15.4. The summed E-state index contributed by atoms with van der Waals surface area (Å²) in [5, 5.41) is 0.844. The van der Waals surface area contributed by atoms with Gasteiger partial charge in [-0.2, -0.15) is 0 Å². The van der Waals surface area contributed by atoms with Crippen molar-refractivity contribution in [2.24, 2.45) is 5.73 Å². The Balaban J connectivity index is 2.16. The third kappa shape index (κ3) is 3.98. The number of thiocarbonyl (C=S) groups is 1. The molecule has 0 amide bonds. The highest BCUT2D eigenvalue weighted by Gasteiger charge is 2.15. The van der Waals surface area contributed by atoms with Crippen molar-refractivity contribution in [3.8, 4) is 11.1 Å². The smallest absolute Gasteiger partial charge is 0.337 e. The molecule has 0 aliphatic heterocycles. The SMILES string of the molecule is COC(=O)c1ccc2c(-c3cccc(C(N)=S)c3)cn(CCC(F)F)c2c1. The Morgan fingerprint density at radius 3 is 2.67 bits per heavy atom. The van der Waals surface area contributed by atoms with Gasteiger partial charge in [-0.1, -0.05) is 36.5 Å². The molecule has 27 heavy (non-hydrogen) atoms. The van der Waals surface area contributed by atoms with Gasteiger partial charge >= 0.3 is 5.97 Å². The Morgan fingerprint density at radius 1 is 1.22 bits per heavy atom. The number of aryl methyl sites for hydroxylation is 1. The van der Waals surface area contributed by atoms with E-state index in [9.17, 15) is 13.6 Å². The largest absolute Gasteiger partial charge is 0.465 e. The Labute approximate surface area is 160 Å². The molecule has 1 heterocycles. The first kappa shape index (κ1) is 19.0. The summed E-state index contributed by atoms with van der Waals surface area (Å²) in [5.41, 5.74) is 9.22. The molecule has 140 valence electrons. The molecule has 0 aliphatic rings. The van der Waals surface area contributed by atoms with Crippen molar-refractivity contribution in [2.75, 3.05) is 7.11 Å². The number of halogens is 2. The van der Waals surface area contributed by atoms with E-state index < -0.39 is 12.4 Å². The Kier molecular flexibility index (Phi) is 5.51. The molecule has 0 radical (unpaired) electrons. The van der Waals surface area contributed by atoms with Crippen LogP contribution in [0, 0.1) is 0 Å². The second-order valence-electron chi connectivity index (χ2n) is 6.08. The van der Waals surface area contributed by atoms with Gasteiger partial charge in [-0.25, -0.2) is 13.6 Å². The van der Waals surface area contributed by atoms with Gasteiger partial charge in [0.15, 0.2) is 0 Å². The minimum absolute atomic E-state index is 0.133. The zero-order valence-electron chi connectivity index (χ0n) is 14.6. The molecule has 0 spiro atoms. The van der Waals surface area contributed by atoms with Crippen LogP contribution in [0.3, 0.4) is 0 Å². The van der Waals surface area contributed by atoms with Gasteiger partial charge in [0.2, 0.25) is 6.43 Å². The van der Waals surface area contributed by atoms with E-state index in [1.807, 2.05) is 30.5 Å². The average Bonchev–Trinajstić information content (AvgIpc) is 3.03. The van der Waals surface area contributed by atoms with Crippen LogP contribution in [0.4, 0.5) is 8.78 Å². The molecule has 0 saturated carbocycles. The lowest BCUT2D eigenvalue weighted by Gasteiger charge is -2.06. The van der Waals surface area contributed by atoms with Crippen LogP contribution in [0.15, 0.2) is 48.7 Å². The number of esters is 1. The first-order chi connectivity index (χ1) is 12.9. The molecule has 3 aromatic rings. The maximum absolute atomic E-state index is 12.7. The van der Waals surface area contributed by atoms with Crippen molar-refractivity contribution in [1.82, 2.24) is 4.57 Å². The lowest BCUT2D eigenvalue weighted by Crippen LogP contribution is -2.08. The molecular weight excluding hydrogens is 370 g/mol. The Morgan fingerprint density at radius 2 is 2.00 bits per heavy atom. The fourth-order valence-electron chi connectivity index (χ4n) is 3.03. The van der Waals surface area contributed by atoms with Crippen LogP contribution in [-0.4, -0.2) is 29.1 Å². The van der Waals surface area contributed by atoms with Gasteiger partial charge in [-0.3, -0.25) is 0 Å². The van der Waals surface area contributed by atoms with Crippen LogP contribution in [0.1, 0.15) is 22.3 Å². The monoisotopic (exact) mass is 388 g/mol. The quantitative estimate of drug-likeness (QED) is 0.503. The number of carbonyl (C=O) groups is 1. The standard InChI is InChI=1S/C20H18F2N2O2S/c1-26-20(25)14-5-6-15-16(12-3-2-4-13(9-12)19(23)27)11-24(17(15)10-14)8-7-18(21)22/h2-6,9-11,18H,7-8H2,1H3,(H2,23,27). The van der Waals surface area contributed by atoms with Crippen LogP contribution in [0.2, 0.25) is 0 Å². The van der Waals surface area contributed by atoms with Crippen LogP contribution in [0.5, 0.6) is 0 Å². The molecular formula is C20H18F2N2O2S. The number of fused-ring (bicyclic) bond motifs is 1. The van der Waals surface area contributed by atoms with E-state index >= 15 is 0 Å². The summed E-state index contributed by atoms with van der Waals surface area (Å²) in [6.45, 7) is 0.133. The number of aromatic nitrogens is 1. The third-order valence-electron chi connectivity index (χ3n) is 4.35. The van der Waals surface area contributed by atoms with Gasteiger partial charge < -0.3 is 15.0 Å². The Hall–Kier alpha value is -2.80. The third-order valence-corrected chi connectivity index (χ3v) is 4.59. The number of hydrogen-bond donors (Lipinski definition) is 1. The maximum atomic E-state index is 12.7. The number of nitrogens with two attached hydrogens (primary N) is 1. The number of alkyl halides is 2. The second kappa shape index (κ2) is 7.84. The van der Waals surface area contributed by atoms with Gasteiger partial charge in [0.25, 0.3) is 0 Å². The van der Waals surface area contributed by atoms with Crippen molar-refractivity contribution in [2.45, 2.75) is 19.4 Å². The van der Waals surface area contributed by atoms with Crippen molar-refractivity contribution < 1.29 is 18.3 Å². The summed E-state index contributed by atoms with van der Waals surface area (Å²) < 4.78 is 32.0. The highest BCUT2D eigenvalue weighted by molar-refractivity contribution is 7.80. The molecule has 0 atom stereocenters. The van der Waals surface area contributed by atoms with Crippen LogP contribution < -0.4 is 5.73 Å². The van der Waals surface area contributed by atoms with Crippen molar-refractivity contribution >= 4 is 34.1 Å². The summed E-state index contributed by atoms with van der Waals surface area (Å²) in [7, 11) is 1.30. The summed E-state index contributed by atoms with van der Waals surface area (Å²) in [6, 6.07) is 12.5. The van der Waals surface area contributed by atoms with Gasteiger partial charge in [0, 0.05) is 41.2 Å². The lowest BCUT2D eigenvalue weighted by molar-refractivity contribution is 0.0601. The normalized spacial score (nSPS) is 11.1. The molecule has 0 aliphatic carbocycles. The molecule has 2 aromatic carbocycles. The van der Waals surface area contributed by atoms with E-state index in [-0.39, 0.29) is 18.0 Å². The average molecular weight is 388 g/mol. The molecule has 7 heteroatoms. The number of hydrogen-bond acceptors (Lipinski definition) is 3. The fraction of sp³-hybridized carbons (Fsp3) is 0.200. The maximum Gasteiger partial charge on any atom is 0.337 e. The topological polar surface area (TPSA) is 57.2 Å². The van der Waals surface area contributed by atoms with Crippen molar-refractivity contribution in [3.05, 3.63) is 59.8 Å². The van der Waals surface area contributed by atoms with E-state index in [0.717, 1.165) is 22.1 Å². The van der Waals surface area contributed by atoms with Gasteiger partial charge in [0.1, 0.15) is 4.99 Å². The first-order valence-electron chi connectivity index (χ1n) is 8.30. The number of methoxy groups -OCH3 is 1. The highest BCUT2D eigenvalue weighted by Crippen LogP contribution is 2.32. The van der Waals surface area contributed by atoms with Crippen LogP contribution in [-0.2, 0) is 11.3 Å². The number of carbonyl (C=O) groups excluding carboxylic acids is 1. The Bertz CT molecular complexity index is 1010. The summed E-state index contributed by atoms with van der Waals surface area (Å²) in [4.78, 5) is 12.1. The molecule has 0 unspecified atom stereocenters. The second-order valence-corrected chi connectivity index (χ2v) is 6.52. The molecule has 4 nitrogen and oxygen atoms in total. The molecule has 1 aromatic heterocycles. The predicted molar refractivity (Wildman–Crippen MR) is 105 cm³/mol. The van der Waals surface area contributed by atoms with Crippen molar-refractivity contribution in [3.63, 3.8) is 0 Å². The minimum atomic E-state index is -2.41. The number of benzene rings is 2. The van der Waals surface area contributed by atoms with E-state index in [1.54, 1.807) is 22.8 Å². The molecule has 3 rings (SSSR count). The van der Waals surface area contributed by atoms with Gasteiger partial charge in [-0.05, 0) is 23.8 Å². The van der Waals surface area contributed by atoms with Crippen LogP contribution in [0.25, 0.3) is 22.0 Å².